The van der Waals surface area contributed by atoms with E-state index in [1.54, 1.807) is 12.1 Å². The highest BCUT2D eigenvalue weighted by Gasteiger charge is 2.56. The van der Waals surface area contributed by atoms with E-state index >= 15 is 0 Å². The van der Waals surface area contributed by atoms with Gasteiger partial charge in [0.05, 0.1) is 5.56 Å². The Bertz CT molecular complexity index is 868. The second-order valence-electron chi connectivity index (χ2n) is 7.34. The van der Waals surface area contributed by atoms with Crippen LogP contribution in [0.2, 0.25) is 0 Å². The van der Waals surface area contributed by atoms with Crippen molar-refractivity contribution in [2.75, 3.05) is 10.6 Å². The summed E-state index contributed by atoms with van der Waals surface area (Å²) in [6.07, 6.45) is -3.64. The topological polar surface area (TPSA) is 58.2 Å². The summed E-state index contributed by atoms with van der Waals surface area (Å²) in [5.74, 6) is -0.549. The van der Waals surface area contributed by atoms with Crippen LogP contribution in [0, 0.1) is 5.41 Å². The van der Waals surface area contributed by atoms with E-state index in [4.69, 9.17) is 0 Å². The highest BCUT2D eigenvalue weighted by Crippen LogP contribution is 2.47. The molecule has 0 unspecified atom stereocenters. The number of rotatable bonds is 5. The van der Waals surface area contributed by atoms with Gasteiger partial charge in [-0.15, -0.1) is 0 Å². The van der Waals surface area contributed by atoms with Gasteiger partial charge in [0.1, 0.15) is 5.41 Å². The van der Waals surface area contributed by atoms with E-state index in [1.807, 2.05) is 12.1 Å². The van der Waals surface area contributed by atoms with Crippen LogP contribution < -0.4 is 10.6 Å². The summed E-state index contributed by atoms with van der Waals surface area (Å²) in [6, 6.07) is 11.6. The van der Waals surface area contributed by atoms with E-state index in [0.29, 0.717) is 24.4 Å². The van der Waals surface area contributed by atoms with E-state index in [0.717, 1.165) is 17.7 Å². The van der Waals surface area contributed by atoms with Crippen molar-refractivity contribution in [3.05, 3.63) is 59.7 Å². The number of amides is 2. The molecule has 0 saturated heterocycles. The zero-order valence-corrected chi connectivity index (χ0v) is 15.6. The van der Waals surface area contributed by atoms with Gasteiger partial charge in [-0.05, 0) is 60.7 Å². The Morgan fingerprint density at radius 3 is 1.64 bits per heavy atom. The monoisotopic (exact) mass is 390 g/mol. The molecule has 1 saturated carbocycles. The molecule has 0 radical (unpaired) electrons. The van der Waals surface area contributed by atoms with Crippen LogP contribution in [0.3, 0.4) is 0 Å². The molecule has 0 aliphatic heterocycles. The summed E-state index contributed by atoms with van der Waals surface area (Å²) in [6.45, 7) is 4.14. The minimum Gasteiger partial charge on any atom is -0.325 e. The first-order valence-electron chi connectivity index (χ1n) is 9.02. The van der Waals surface area contributed by atoms with E-state index < -0.39 is 29.0 Å². The quantitative estimate of drug-likeness (QED) is 0.691. The standard InChI is InChI=1S/C21H21F3N2O2/c1-13(2)14-3-7-16(8-4-14)25-18(27)20(11-12-20)19(28)26-17-9-5-15(6-10-17)21(22,23)24/h3-10,13H,11-12H2,1-2H3,(H,25,27)(H,26,28). The van der Waals surface area contributed by atoms with Gasteiger partial charge in [-0.1, -0.05) is 26.0 Å². The summed E-state index contributed by atoms with van der Waals surface area (Å²) in [5.41, 5.74) is -0.0193. The molecular formula is C21H21F3N2O2. The molecule has 0 bridgehead atoms. The Labute approximate surface area is 161 Å². The normalized spacial score (nSPS) is 15.2. The number of carbonyl (C=O) groups excluding carboxylic acids is 2. The van der Waals surface area contributed by atoms with Crippen molar-refractivity contribution in [2.45, 2.75) is 38.8 Å². The maximum absolute atomic E-state index is 12.6. The van der Waals surface area contributed by atoms with Gasteiger partial charge >= 0.3 is 6.18 Å². The second kappa shape index (κ2) is 7.30. The van der Waals surface area contributed by atoms with Crippen LogP contribution in [0.5, 0.6) is 0 Å². The molecule has 0 aromatic heterocycles. The number of anilines is 2. The number of carbonyl (C=O) groups is 2. The molecule has 2 N–H and O–H groups in total. The second-order valence-corrected chi connectivity index (χ2v) is 7.34. The minimum absolute atomic E-state index is 0.221. The van der Waals surface area contributed by atoms with Crippen molar-refractivity contribution in [2.24, 2.45) is 5.41 Å². The summed E-state index contributed by atoms with van der Waals surface area (Å²) in [7, 11) is 0. The lowest BCUT2D eigenvalue weighted by Crippen LogP contribution is -2.35. The molecule has 1 fully saturated rings. The predicted octanol–water partition coefficient (Wildman–Crippen LogP) is 5.19. The molecule has 7 heteroatoms. The van der Waals surface area contributed by atoms with Gasteiger partial charge < -0.3 is 10.6 Å². The van der Waals surface area contributed by atoms with Crippen LogP contribution >= 0.6 is 0 Å². The van der Waals surface area contributed by atoms with E-state index in [2.05, 4.69) is 24.5 Å². The number of hydrogen-bond donors (Lipinski definition) is 2. The average Bonchev–Trinajstić information content (AvgIpc) is 3.44. The third kappa shape index (κ3) is 4.18. The van der Waals surface area contributed by atoms with Gasteiger partial charge in [0.25, 0.3) is 0 Å². The molecule has 0 heterocycles. The lowest BCUT2D eigenvalue weighted by atomic mass is 10.0. The number of hydrogen-bond acceptors (Lipinski definition) is 2. The predicted molar refractivity (Wildman–Crippen MR) is 101 cm³/mol. The molecular weight excluding hydrogens is 369 g/mol. The molecule has 148 valence electrons. The van der Waals surface area contributed by atoms with Crippen LogP contribution in [0.1, 0.15) is 43.7 Å². The van der Waals surface area contributed by atoms with Crippen molar-refractivity contribution in [3.8, 4) is 0 Å². The summed E-state index contributed by atoms with van der Waals surface area (Å²) >= 11 is 0. The van der Waals surface area contributed by atoms with Gasteiger partial charge in [0.2, 0.25) is 11.8 Å². The summed E-state index contributed by atoms with van der Waals surface area (Å²) < 4.78 is 37.9. The van der Waals surface area contributed by atoms with Crippen molar-refractivity contribution in [1.82, 2.24) is 0 Å². The van der Waals surface area contributed by atoms with Gasteiger partial charge in [-0.3, -0.25) is 9.59 Å². The molecule has 2 aromatic rings. The Morgan fingerprint density at radius 2 is 1.29 bits per heavy atom. The SMILES string of the molecule is CC(C)c1ccc(NC(=O)C2(C(=O)Nc3ccc(C(F)(F)F)cc3)CC2)cc1. The molecule has 0 spiro atoms. The van der Waals surface area contributed by atoms with Crippen molar-refractivity contribution >= 4 is 23.2 Å². The summed E-state index contributed by atoms with van der Waals surface area (Å²) in [5, 5.41) is 5.30. The first-order chi connectivity index (χ1) is 13.1. The molecule has 2 amide bonds. The molecule has 0 atom stereocenters. The third-order valence-corrected chi connectivity index (χ3v) is 4.92. The number of alkyl halides is 3. The van der Waals surface area contributed by atoms with Crippen molar-refractivity contribution in [1.29, 1.82) is 0 Å². The summed E-state index contributed by atoms with van der Waals surface area (Å²) in [4.78, 5) is 25.2. The highest BCUT2D eigenvalue weighted by molar-refractivity contribution is 6.16. The first kappa shape index (κ1) is 19.9. The van der Waals surface area contributed by atoms with Crippen LogP contribution in [0.25, 0.3) is 0 Å². The fourth-order valence-electron chi connectivity index (χ4n) is 2.88. The molecule has 3 rings (SSSR count). The fraction of sp³-hybridized carbons (Fsp3) is 0.333. The molecule has 4 nitrogen and oxygen atoms in total. The zero-order valence-electron chi connectivity index (χ0n) is 15.6. The van der Waals surface area contributed by atoms with Crippen LogP contribution in [0.15, 0.2) is 48.5 Å². The van der Waals surface area contributed by atoms with E-state index in [-0.39, 0.29) is 5.69 Å². The van der Waals surface area contributed by atoms with Crippen LogP contribution in [-0.4, -0.2) is 11.8 Å². The van der Waals surface area contributed by atoms with Gasteiger partial charge in [0, 0.05) is 11.4 Å². The molecule has 1 aliphatic carbocycles. The highest BCUT2D eigenvalue weighted by atomic mass is 19.4. The van der Waals surface area contributed by atoms with Crippen molar-refractivity contribution in [3.63, 3.8) is 0 Å². The molecule has 1 aliphatic rings. The minimum atomic E-state index is -4.44. The number of nitrogens with one attached hydrogen (secondary N) is 2. The lowest BCUT2D eigenvalue weighted by Gasteiger charge is -2.16. The van der Waals surface area contributed by atoms with E-state index in [1.165, 1.54) is 12.1 Å². The maximum Gasteiger partial charge on any atom is 0.416 e. The number of benzene rings is 2. The average molecular weight is 390 g/mol. The van der Waals surface area contributed by atoms with Gasteiger partial charge in [-0.25, -0.2) is 0 Å². The third-order valence-electron chi connectivity index (χ3n) is 4.92. The van der Waals surface area contributed by atoms with Gasteiger partial charge in [0.15, 0.2) is 0 Å². The number of halogens is 3. The first-order valence-corrected chi connectivity index (χ1v) is 9.02. The Morgan fingerprint density at radius 1 is 0.857 bits per heavy atom. The van der Waals surface area contributed by atoms with E-state index in [9.17, 15) is 22.8 Å². The Hall–Kier alpha value is -2.83. The van der Waals surface area contributed by atoms with Crippen molar-refractivity contribution < 1.29 is 22.8 Å². The maximum atomic E-state index is 12.6. The van der Waals surface area contributed by atoms with Crippen LogP contribution in [-0.2, 0) is 15.8 Å². The Kier molecular flexibility index (Phi) is 5.19. The lowest BCUT2D eigenvalue weighted by molar-refractivity contribution is -0.137. The molecule has 28 heavy (non-hydrogen) atoms. The fourth-order valence-corrected chi connectivity index (χ4v) is 2.88. The largest absolute Gasteiger partial charge is 0.416 e. The Balaban J connectivity index is 1.65. The zero-order chi connectivity index (χ0) is 20.5. The smallest absolute Gasteiger partial charge is 0.325 e. The van der Waals surface area contributed by atoms with Gasteiger partial charge in [-0.2, -0.15) is 13.2 Å². The molecule has 2 aromatic carbocycles. The van der Waals surface area contributed by atoms with Crippen LogP contribution in [0.4, 0.5) is 24.5 Å².